The number of rotatable bonds is 6. The molecular weight excluding hydrogens is 637 g/mol. The van der Waals surface area contributed by atoms with Crippen LogP contribution in [0.5, 0.6) is 0 Å². The van der Waals surface area contributed by atoms with Gasteiger partial charge in [0.25, 0.3) is 0 Å². The molecule has 2 heterocycles. The molecule has 10 aromatic rings. The molecule has 0 atom stereocenters. The van der Waals surface area contributed by atoms with Crippen molar-refractivity contribution in [3.05, 3.63) is 194 Å². The van der Waals surface area contributed by atoms with Crippen molar-refractivity contribution < 1.29 is 0 Å². The number of hydrogen-bond acceptors (Lipinski definition) is 2. The van der Waals surface area contributed by atoms with Crippen LogP contribution in [0.25, 0.3) is 69.9 Å². The van der Waals surface area contributed by atoms with E-state index in [1.807, 2.05) is 11.3 Å². The maximum absolute atomic E-state index is 2.43. The molecule has 0 aliphatic heterocycles. The van der Waals surface area contributed by atoms with E-state index < -0.39 is 0 Å². The van der Waals surface area contributed by atoms with Gasteiger partial charge in [0.05, 0.1) is 16.7 Å². The molecule has 10 rings (SSSR count). The Kier molecular flexibility index (Phi) is 7.04. The lowest BCUT2D eigenvalue weighted by atomic mass is 10.0. The highest BCUT2D eigenvalue weighted by Gasteiger charge is 2.20. The van der Waals surface area contributed by atoms with E-state index in [-0.39, 0.29) is 0 Å². The number of anilines is 3. The summed E-state index contributed by atoms with van der Waals surface area (Å²) >= 11 is 1.86. The highest BCUT2D eigenvalue weighted by molar-refractivity contribution is 7.26. The monoisotopic (exact) mass is 668 g/mol. The molecule has 0 amide bonds. The second kappa shape index (κ2) is 12.2. The van der Waals surface area contributed by atoms with Gasteiger partial charge in [-0.05, 0) is 77.4 Å². The molecule has 0 aliphatic rings. The summed E-state index contributed by atoms with van der Waals surface area (Å²) in [7, 11) is 0. The largest absolute Gasteiger partial charge is 0.310 e. The van der Waals surface area contributed by atoms with E-state index in [0.717, 1.165) is 17.1 Å². The zero-order valence-corrected chi connectivity index (χ0v) is 28.6. The van der Waals surface area contributed by atoms with Crippen molar-refractivity contribution in [3.8, 4) is 27.9 Å². The molecule has 0 bridgehead atoms. The van der Waals surface area contributed by atoms with E-state index in [4.69, 9.17) is 0 Å². The van der Waals surface area contributed by atoms with Crippen molar-refractivity contribution in [2.75, 3.05) is 4.90 Å². The van der Waals surface area contributed by atoms with Gasteiger partial charge in [-0.2, -0.15) is 0 Å². The predicted molar refractivity (Wildman–Crippen MR) is 219 cm³/mol. The van der Waals surface area contributed by atoms with Gasteiger partial charge in [0.2, 0.25) is 0 Å². The zero-order valence-electron chi connectivity index (χ0n) is 27.8. The molecule has 0 unspecified atom stereocenters. The summed E-state index contributed by atoms with van der Waals surface area (Å²) in [4.78, 5) is 2.43. The Bertz CT molecular complexity index is 2850. The molecule has 0 aliphatic carbocycles. The SMILES string of the molecule is c1ccc(-c2cccc(N(c3ccc(-c4cccc5c6ccccc6n(-c6ccccc6)c45)cc3)c3cccc4sc5ccccc5c34)c2)cc1. The molecule has 0 saturated carbocycles. The number of hydrogen-bond donors (Lipinski definition) is 0. The quantitative estimate of drug-likeness (QED) is 0.171. The minimum atomic E-state index is 1.11. The molecule has 8 aromatic carbocycles. The normalized spacial score (nSPS) is 11.5. The lowest BCUT2D eigenvalue weighted by Crippen LogP contribution is -2.10. The lowest BCUT2D eigenvalue weighted by molar-refractivity contribution is 1.18. The molecule has 51 heavy (non-hydrogen) atoms. The first-order valence-corrected chi connectivity index (χ1v) is 18.2. The minimum absolute atomic E-state index is 1.11. The molecule has 0 spiro atoms. The third-order valence-electron chi connectivity index (χ3n) is 9.98. The lowest BCUT2D eigenvalue weighted by Gasteiger charge is -2.27. The van der Waals surface area contributed by atoms with Crippen LogP contribution in [0.1, 0.15) is 0 Å². The molecule has 3 heteroatoms. The Hall–Kier alpha value is -6.42. The summed E-state index contributed by atoms with van der Waals surface area (Å²) in [5.41, 5.74) is 11.8. The molecule has 0 radical (unpaired) electrons. The van der Waals surface area contributed by atoms with E-state index in [2.05, 4.69) is 204 Å². The Labute approximate surface area is 300 Å². The van der Waals surface area contributed by atoms with Gasteiger partial charge in [-0.3, -0.25) is 0 Å². The number of nitrogens with zero attached hydrogens (tertiary/aromatic N) is 2. The number of benzene rings is 8. The van der Waals surface area contributed by atoms with Crippen LogP contribution in [0, 0.1) is 0 Å². The van der Waals surface area contributed by atoms with Crippen LogP contribution in [-0.4, -0.2) is 4.57 Å². The van der Waals surface area contributed by atoms with Gasteiger partial charge in [0.1, 0.15) is 0 Å². The van der Waals surface area contributed by atoms with Gasteiger partial charge in [-0.25, -0.2) is 0 Å². The number of fused-ring (bicyclic) bond motifs is 6. The summed E-state index contributed by atoms with van der Waals surface area (Å²) in [6, 6.07) is 70.3. The zero-order chi connectivity index (χ0) is 33.7. The van der Waals surface area contributed by atoms with Gasteiger partial charge in [-0.1, -0.05) is 133 Å². The van der Waals surface area contributed by atoms with Crippen LogP contribution in [0.2, 0.25) is 0 Å². The Balaban J connectivity index is 1.17. The van der Waals surface area contributed by atoms with Gasteiger partial charge < -0.3 is 9.47 Å². The Morgan fingerprint density at radius 3 is 1.90 bits per heavy atom. The van der Waals surface area contributed by atoms with Gasteiger partial charge in [-0.15, -0.1) is 11.3 Å². The maximum atomic E-state index is 2.43. The van der Waals surface area contributed by atoms with E-state index in [1.54, 1.807) is 0 Å². The summed E-state index contributed by atoms with van der Waals surface area (Å²) in [6.07, 6.45) is 0. The molecule has 2 aromatic heterocycles. The van der Waals surface area contributed by atoms with Crippen molar-refractivity contribution in [3.63, 3.8) is 0 Å². The number of aromatic nitrogens is 1. The second-order valence-corrected chi connectivity index (χ2v) is 14.0. The van der Waals surface area contributed by atoms with Crippen molar-refractivity contribution in [1.82, 2.24) is 4.57 Å². The first-order chi connectivity index (χ1) is 25.3. The van der Waals surface area contributed by atoms with Crippen molar-refractivity contribution in [1.29, 1.82) is 0 Å². The topological polar surface area (TPSA) is 8.17 Å². The average Bonchev–Trinajstić information content (AvgIpc) is 3.76. The van der Waals surface area contributed by atoms with E-state index in [9.17, 15) is 0 Å². The predicted octanol–water partition coefficient (Wildman–Crippen LogP) is 14.0. The number of thiophene rings is 1. The Morgan fingerprint density at radius 1 is 0.412 bits per heavy atom. The third-order valence-corrected chi connectivity index (χ3v) is 11.1. The highest BCUT2D eigenvalue weighted by atomic mass is 32.1. The number of para-hydroxylation sites is 3. The summed E-state index contributed by atoms with van der Waals surface area (Å²) in [6.45, 7) is 0. The summed E-state index contributed by atoms with van der Waals surface area (Å²) in [5.74, 6) is 0. The maximum Gasteiger partial charge on any atom is 0.0619 e. The summed E-state index contributed by atoms with van der Waals surface area (Å²) < 4.78 is 5.00. The van der Waals surface area contributed by atoms with E-state index >= 15 is 0 Å². The van der Waals surface area contributed by atoms with Crippen LogP contribution >= 0.6 is 11.3 Å². The fourth-order valence-corrected chi connectivity index (χ4v) is 8.84. The standard InChI is InChI=1S/C48H32N2S/c1-3-14-33(15-4-1)35-16-11-19-38(32-35)49(44-25-13-27-46-47(44)42-21-8-10-26-45(42)51-46)37-30-28-34(29-31-37)39-22-12-23-41-40-20-7-9-24-43(40)50(48(39)41)36-17-5-2-6-18-36/h1-32H. The first-order valence-electron chi connectivity index (χ1n) is 17.4. The fourth-order valence-electron chi connectivity index (χ4n) is 7.71. The Morgan fingerprint density at radius 2 is 1.06 bits per heavy atom. The van der Waals surface area contributed by atoms with Gasteiger partial charge in [0, 0.05) is 53.6 Å². The average molecular weight is 669 g/mol. The van der Waals surface area contributed by atoms with Gasteiger partial charge >= 0.3 is 0 Å². The molecule has 0 saturated heterocycles. The van der Waals surface area contributed by atoms with Crippen LogP contribution < -0.4 is 4.90 Å². The summed E-state index contributed by atoms with van der Waals surface area (Å²) in [5, 5.41) is 5.08. The van der Waals surface area contributed by atoms with E-state index in [1.165, 1.54) is 69.9 Å². The second-order valence-electron chi connectivity index (χ2n) is 12.9. The molecule has 2 nitrogen and oxygen atoms in total. The van der Waals surface area contributed by atoms with Crippen LogP contribution in [0.15, 0.2) is 194 Å². The van der Waals surface area contributed by atoms with Crippen molar-refractivity contribution >= 4 is 70.4 Å². The van der Waals surface area contributed by atoms with Crippen molar-refractivity contribution in [2.45, 2.75) is 0 Å². The first kappa shape index (κ1) is 29.5. The molecule has 0 fully saturated rings. The van der Waals surface area contributed by atoms with Crippen LogP contribution in [-0.2, 0) is 0 Å². The van der Waals surface area contributed by atoms with Gasteiger partial charge in [0.15, 0.2) is 0 Å². The fraction of sp³-hybridized carbons (Fsp3) is 0. The van der Waals surface area contributed by atoms with Crippen molar-refractivity contribution in [2.24, 2.45) is 0 Å². The van der Waals surface area contributed by atoms with E-state index in [0.29, 0.717) is 0 Å². The molecule has 240 valence electrons. The minimum Gasteiger partial charge on any atom is -0.310 e. The highest BCUT2D eigenvalue weighted by Crippen LogP contribution is 2.46. The smallest absolute Gasteiger partial charge is 0.0619 e. The molecular formula is C48H32N2S. The molecule has 0 N–H and O–H groups in total. The third kappa shape index (κ3) is 4.93. The van der Waals surface area contributed by atoms with Crippen LogP contribution in [0.3, 0.4) is 0 Å². The van der Waals surface area contributed by atoms with Crippen LogP contribution in [0.4, 0.5) is 17.1 Å².